The molecule has 2 heteroatoms. The summed E-state index contributed by atoms with van der Waals surface area (Å²) in [5.74, 6) is 0. The molecule has 0 rings (SSSR count). The Hall–Kier alpha value is 0.557. The van der Waals surface area contributed by atoms with Gasteiger partial charge in [0.2, 0.25) is 0 Å². The molecule has 0 radical (unpaired) electrons. The van der Waals surface area contributed by atoms with Gasteiger partial charge in [-0.05, 0) is 27.1 Å². The maximum Gasteiger partial charge on any atom is 1.00 e. The summed E-state index contributed by atoms with van der Waals surface area (Å²) >= 11 is 0. The SMILES string of the molecule is CCCCCCN(C)C.[H-].[Li+]. The molecule has 0 aromatic heterocycles. The van der Waals surface area contributed by atoms with Gasteiger partial charge in [0, 0.05) is 0 Å². The Morgan fingerprint density at radius 3 is 2.10 bits per heavy atom. The van der Waals surface area contributed by atoms with E-state index in [9.17, 15) is 0 Å². The molecule has 58 valence electrons. The van der Waals surface area contributed by atoms with Gasteiger partial charge in [0.1, 0.15) is 0 Å². The molecule has 0 aliphatic rings. The Morgan fingerprint density at radius 2 is 1.70 bits per heavy atom. The second kappa shape index (κ2) is 9.56. The third-order valence-electron chi connectivity index (χ3n) is 1.46. The van der Waals surface area contributed by atoms with Gasteiger partial charge in [-0.25, -0.2) is 0 Å². The number of unbranched alkanes of at least 4 members (excludes halogenated alkanes) is 3. The van der Waals surface area contributed by atoms with E-state index in [0.717, 1.165) is 0 Å². The molecule has 0 aliphatic heterocycles. The van der Waals surface area contributed by atoms with Crippen molar-refractivity contribution in [2.45, 2.75) is 32.6 Å². The Balaban J connectivity index is -0.000000320. The predicted molar refractivity (Wildman–Crippen MR) is 43.8 cm³/mol. The number of nitrogens with zero attached hydrogens (tertiary/aromatic N) is 1. The fraction of sp³-hybridized carbons (Fsp3) is 1.00. The molecule has 0 bridgehead atoms. The summed E-state index contributed by atoms with van der Waals surface area (Å²) in [4.78, 5) is 2.25. The molecule has 1 nitrogen and oxygen atoms in total. The number of hydrogen-bond acceptors (Lipinski definition) is 1. The van der Waals surface area contributed by atoms with Gasteiger partial charge in [-0.2, -0.15) is 0 Å². The van der Waals surface area contributed by atoms with Crippen LogP contribution in [0.3, 0.4) is 0 Å². The minimum absolute atomic E-state index is 0. The molecule has 0 unspecified atom stereocenters. The molecule has 0 spiro atoms. The first kappa shape index (κ1) is 13.2. The molecule has 0 aromatic carbocycles. The molecule has 0 aliphatic carbocycles. The Labute approximate surface area is 78.8 Å². The Kier molecular flexibility index (Phi) is 12.6. The molecule has 10 heavy (non-hydrogen) atoms. The van der Waals surface area contributed by atoms with Crippen LogP contribution in [0.25, 0.3) is 0 Å². The van der Waals surface area contributed by atoms with Gasteiger partial charge in [0.25, 0.3) is 0 Å². The third kappa shape index (κ3) is 11.4. The van der Waals surface area contributed by atoms with Gasteiger partial charge >= 0.3 is 18.9 Å². The van der Waals surface area contributed by atoms with E-state index < -0.39 is 0 Å². The van der Waals surface area contributed by atoms with Crippen molar-refractivity contribution in [3.05, 3.63) is 0 Å². The van der Waals surface area contributed by atoms with E-state index in [2.05, 4.69) is 25.9 Å². The standard InChI is InChI=1S/C8H19N.Li.H/c1-4-5-6-7-8-9(2)3;;/h4-8H2,1-3H3;;/q;+1;-1. The molecule has 0 amide bonds. The summed E-state index contributed by atoms with van der Waals surface area (Å²) in [5.41, 5.74) is 0. The van der Waals surface area contributed by atoms with E-state index in [1.54, 1.807) is 0 Å². The Bertz CT molecular complexity index is 60.1. The van der Waals surface area contributed by atoms with Crippen molar-refractivity contribution in [1.29, 1.82) is 0 Å². The van der Waals surface area contributed by atoms with E-state index in [0.29, 0.717) is 0 Å². The van der Waals surface area contributed by atoms with Crippen molar-refractivity contribution in [1.82, 2.24) is 4.90 Å². The zero-order valence-electron chi connectivity index (χ0n) is 8.98. The minimum Gasteiger partial charge on any atom is -1.00 e. The molecule has 0 saturated carbocycles. The fourth-order valence-corrected chi connectivity index (χ4v) is 0.855. The van der Waals surface area contributed by atoms with Crippen LogP contribution in [0.5, 0.6) is 0 Å². The molecule has 0 atom stereocenters. The third-order valence-corrected chi connectivity index (χ3v) is 1.46. The molecule has 0 fully saturated rings. The molecule has 0 heterocycles. The van der Waals surface area contributed by atoms with Crippen LogP contribution in [0.15, 0.2) is 0 Å². The quantitative estimate of drug-likeness (QED) is 0.356. The van der Waals surface area contributed by atoms with Crippen molar-refractivity contribution in [3.63, 3.8) is 0 Å². The monoisotopic (exact) mass is 137 g/mol. The second-order valence-electron chi connectivity index (χ2n) is 2.86. The Morgan fingerprint density at radius 1 is 1.10 bits per heavy atom. The van der Waals surface area contributed by atoms with Crippen molar-refractivity contribution >= 4 is 0 Å². The first-order valence-corrected chi connectivity index (χ1v) is 3.92. The predicted octanol–water partition coefficient (Wildman–Crippen LogP) is -0.755. The van der Waals surface area contributed by atoms with E-state index in [4.69, 9.17) is 0 Å². The van der Waals surface area contributed by atoms with Gasteiger partial charge in [-0.1, -0.05) is 26.2 Å². The van der Waals surface area contributed by atoms with E-state index in [1.165, 1.54) is 32.2 Å². The molecule has 0 N–H and O–H groups in total. The van der Waals surface area contributed by atoms with Crippen LogP contribution in [-0.4, -0.2) is 25.5 Å². The zero-order valence-corrected chi connectivity index (χ0v) is 7.98. The molecular formula is C8H20LiN. The molecular weight excluding hydrogens is 117 g/mol. The number of hydrogen-bond donors (Lipinski definition) is 0. The fourth-order valence-electron chi connectivity index (χ4n) is 0.855. The van der Waals surface area contributed by atoms with Gasteiger partial charge in [-0.15, -0.1) is 0 Å². The summed E-state index contributed by atoms with van der Waals surface area (Å²) < 4.78 is 0. The van der Waals surface area contributed by atoms with Crippen molar-refractivity contribution in [2.75, 3.05) is 20.6 Å². The summed E-state index contributed by atoms with van der Waals surface area (Å²) in [6, 6.07) is 0. The largest absolute Gasteiger partial charge is 1.00 e. The average molecular weight is 137 g/mol. The van der Waals surface area contributed by atoms with Crippen LogP contribution in [0.2, 0.25) is 0 Å². The average Bonchev–Trinajstić information content (AvgIpc) is 1.80. The van der Waals surface area contributed by atoms with Gasteiger partial charge in [0.15, 0.2) is 0 Å². The first-order valence-electron chi connectivity index (χ1n) is 3.92. The van der Waals surface area contributed by atoms with Crippen LogP contribution in [-0.2, 0) is 0 Å². The summed E-state index contributed by atoms with van der Waals surface area (Å²) in [5, 5.41) is 0. The molecule has 0 aromatic rings. The second-order valence-corrected chi connectivity index (χ2v) is 2.86. The van der Waals surface area contributed by atoms with Crippen LogP contribution in [0.4, 0.5) is 0 Å². The van der Waals surface area contributed by atoms with Crippen molar-refractivity contribution in [3.8, 4) is 0 Å². The maximum absolute atomic E-state index is 2.25. The van der Waals surface area contributed by atoms with E-state index in [-0.39, 0.29) is 20.3 Å². The number of rotatable bonds is 5. The van der Waals surface area contributed by atoms with Gasteiger partial charge < -0.3 is 6.33 Å². The van der Waals surface area contributed by atoms with Crippen LogP contribution >= 0.6 is 0 Å². The topological polar surface area (TPSA) is 3.24 Å². The van der Waals surface area contributed by atoms with Crippen LogP contribution < -0.4 is 18.9 Å². The first-order chi connectivity index (χ1) is 4.27. The van der Waals surface area contributed by atoms with Gasteiger partial charge in [-0.3, -0.25) is 0 Å². The van der Waals surface area contributed by atoms with Crippen LogP contribution in [0.1, 0.15) is 34.0 Å². The van der Waals surface area contributed by atoms with Crippen molar-refractivity contribution in [2.24, 2.45) is 0 Å². The zero-order chi connectivity index (χ0) is 7.11. The smallest absolute Gasteiger partial charge is 1.00 e. The van der Waals surface area contributed by atoms with Crippen LogP contribution in [0, 0.1) is 0 Å². The van der Waals surface area contributed by atoms with Crippen molar-refractivity contribution < 1.29 is 20.3 Å². The van der Waals surface area contributed by atoms with Gasteiger partial charge in [0.05, 0.1) is 0 Å². The summed E-state index contributed by atoms with van der Waals surface area (Å²) in [6.07, 6.45) is 5.50. The minimum atomic E-state index is 0. The normalized spacial score (nSPS) is 9.60. The van der Waals surface area contributed by atoms with E-state index >= 15 is 0 Å². The van der Waals surface area contributed by atoms with E-state index in [1.807, 2.05) is 0 Å². The summed E-state index contributed by atoms with van der Waals surface area (Å²) in [7, 11) is 4.26. The molecule has 0 saturated heterocycles. The maximum atomic E-state index is 2.25. The summed E-state index contributed by atoms with van der Waals surface area (Å²) in [6.45, 7) is 3.50.